The zero-order chi connectivity index (χ0) is 14.4. The molecule has 1 aromatic heterocycles. The molecule has 1 saturated carbocycles. The van der Waals surface area contributed by atoms with Crippen LogP contribution >= 0.6 is 0 Å². The van der Waals surface area contributed by atoms with Crippen LogP contribution in [-0.4, -0.2) is 11.1 Å². The predicted octanol–water partition coefficient (Wildman–Crippen LogP) is 5.08. The van der Waals surface area contributed by atoms with E-state index < -0.39 is 0 Å². The molecule has 0 N–H and O–H groups in total. The number of ether oxygens (including phenoxy) is 1. The number of nitrogens with zero attached hydrogens (tertiary/aromatic N) is 1. The van der Waals surface area contributed by atoms with Crippen LogP contribution in [0.2, 0.25) is 0 Å². The highest BCUT2D eigenvalue weighted by molar-refractivity contribution is 5.28. The highest BCUT2D eigenvalue weighted by Crippen LogP contribution is 2.29. The Labute approximate surface area is 124 Å². The topological polar surface area (TPSA) is 22.1 Å². The molecule has 0 aromatic carbocycles. The molecule has 0 aliphatic heterocycles. The number of rotatable bonds is 6. The molecule has 0 spiro atoms. The average molecular weight is 275 g/mol. The average Bonchev–Trinajstić information content (AvgIpc) is 2.47. The van der Waals surface area contributed by atoms with Gasteiger partial charge in [-0.05, 0) is 63.0 Å². The van der Waals surface area contributed by atoms with Crippen LogP contribution in [0.5, 0.6) is 5.75 Å². The predicted molar refractivity (Wildman–Crippen MR) is 84.3 cm³/mol. The Morgan fingerprint density at radius 1 is 1.20 bits per heavy atom. The molecule has 1 aliphatic carbocycles. The summed E-state index contributed by atoms with van der Waals surface area (Å²) < 4.78 is 6.13. The summed E-state index contributed by atoms with van der Waals surface area (Å²) in [4.78, 5) is 4.59. The van der Waals surface area contributed by atoms with E-state index in [-0.39, 0.29) is 0 Å². The Balaban J connectivity index is 1.89. The van der Waals surface area contributed by atoms with Gasteiger partial charge in [-0.15, -0.1) is 0 Å². The summed E-state index contributed by atoms with van der Waals surface area (Å²) in [6.07, 6.45) is 12.2. The molecule has 1 aliphatic rings. The number of hydrogen-bond acceptors (Lipinski definition) is 2. The molecule has 1 heterocycles. The fourth-order valence-corrected chi connectivity index (χ4v) is 3.10. The molecule has 2 nitrogen and oxygen atoms in total. The summed E-state index contributed by atoms with van der Waals surface area (Å²) in [5, 5.41) is 0. The van der Waals surface area contributed by atoms with Crippen LogP contribution in [0, 0.1) is 12.8 Å². The van der Waals surface area contributed by atoms with Gasteiger partial charge in [-0.3, -0.25) is 4.98 Å². The van der Waals surface area contributed by atoms with Crippen molar-refractivity contribution in [3.05, 3.63) is 23.5 Å². The number of hydrogen-bond donors (Lipinski definition) is 0. The largest absolute Gasteiger partial charge is 0.489 e. The van der Waals surface area contributed by atoms with Gasteiger partial charge in [0.25, 0.3) is 0 Å². The van der Waals surface area contributed by atoms with E-state index in [1.54, 1.807) is 0 Å². The molecule has 0 saturated heterocycles. The molecule has 2 rings (SSSR count). The number of pyridine rings is 1. The zero-order valence-corrected chi connectivity index (χ0v) is 13.3. The van der Waals surface area contributed by atoms with Gasteiger partial charge < -0.3 is 4.74 Å². The van der Waals surface area contributed by atoms with E-state index in [1.165, 1.54) is 56.2 Å². The van der Waals surface area contributed by atoms with E-state index in [1.807, 2.05) is 6.20 Å². The molecular weight excluding hydrogens is 246 g/mol. The Morgan fingerprint density at radius 3 is 2.55 bits per heavy atom. The number of aryl methyl sites for hydroxylation is 2. The number of unbranched alkanes of at least 4 members (excludes halogenated alkanes) is 1. The first-order valence-electron chi connectivity index (χ1n) is 8.35. The molecule has 0 amide bonds. The van der Waals surface area contributed by atoms with E-state index >= 15 is 0 Å². The van der Waals surface area contributed by atoms with Gasteiger partial charge in [-0.2, -0.15) is 0 Å². The molecular formula is C18H29NO. The molecule has 1 aromatic rings. The normalized spacial score (nSPS) is 22.8. The minimum atomic E-state index is 0.403. The third kappa shape index (κ3) is 4.22. The maximum absolute atomic E-state index is 6.13. The van der Waals surface area contributed by atoms with Crippen LogP contribution in [0.15, 0.2) is 12.3 Å². The molecule has 20 heavy (non-hydrogen) atoms. The van der Waals surface area contributed by atoms with Crippen molar-refractivity contribution in [3.63, 3.8) is 0 Å². The van der Waals surface area contributed by atoms with Gasteiger partial charge in [-0.1, -0.05) is 26.7 Å². The van der Waals surface area contributed by atoms with Crippen molar-refractivity contribution in [1.29, 1.82) is 0 Å². The minimum Gasteiger partial charge on any atom is -0.489 e. The Bertz CT molecular complexity index is 408. The van der Waals surface area contributed by atoms with E-state index in [0.29, 0.717) is 6.10 Å². The van der Waals surface area contributed by atoms with Gasteiger partial charge in [0.1, 0.15) is 5.75 Å². The summed E-state index contributed by atoms with van der Waals surface area (Å²) in [5.41, 5.74) is 2.51. The lowest BCUT2D eigenvalue weighted by molar-refractivity contribution is 0.129. The first-order valence-corrected chi connectivity index (χ1v) is 8.35. The summed E-state index contributed by atoms with van der Waals surface area (Å²) in [6.45, 7) is 6.67. The van der Waals surface area contributed by atoms with Gasteiger partial charge in [0.2, 0.25) is 0 Å². The fraction of sp³-hybridized carbons (Fsp3) is 0.722. The Hall–Kier alpha value is -1.05. The minimum absolute atomic E-state index is 0.403. The lowest BCUT2D eigenvalue weighted by atomic mass is 9.86. The number of aromatic nitrogens is 1. The first kappa shape index (κ1) is 15.3. The maximum atomic E-state index is 6.13. The molecule has 0 unspecified atom stereocenters. The second kappa shape index (κ2) is 7.66. The van der Waals surface area contributed by atoms with Crippen molar-refractivity contribution < 1.29 is 4.74 Å². The van der Waals surface area contributed by atoms with Crippen molar-refractivity contribution in [2.24, 2.45) is 5.92 Å². The van der Waals surface area contributed by atoms with E-state index in [0.717, 1.165) is 18.1 Å². The standard InChI is InChI=1S/C18H29NO/c1-4-6-7-18-14(3)12-17(13-19-18)20-16-10-8-15(5-2)9-11-16/h12-13,15-16H,4-11H2,1-3H3. The van der Waals surface area contributed by atoms with Gasteiger partial charge in [0.15, 0.2) is 0 Å². The Morgan fingerprint density at radius 2 is 1.95 bits per heavy atom. The van der Waals surface area contributed by atoms with E-state index in [4.69, 9.17) is 4.74 Å². The second-order valence-electron chi connectivity index (χ2n) is 6.21. The van der Waals surface area contributed by atoms with E-state index in [2.05, 4.69) is 31.8 Å². The zero-order valence-electron chi connectivity index (χ0n) is 13.3. The van der Waals surface area contributed by atoms with Crippen LogP contribution in [-0.2, 0) is 6.42 Å². The summed E-state index contributed by atoms with van der Waals surface area (Å²) >= 11 is 0. The first-order chi connectivity index (χ1) is 9.72. The summed E-state index contributed by atoms with van der Waals surface area (Å²) in [7, 11) is 0. The second-order valence-corrected chi connectivity index (χ2v) is 6.21. The van der Waals surface area contributed by atoms with Crippen LogP contribution in [0.25, 0.3) is 0 Å². The SMILES string of the molecule is CCCCc1ncc(OC2CCC(CC)CC2)cc1C. The van der Waals surface area contributed by atoms with Gasteiger partial charge >= 0.3 is 0 Å². The van der Waals surface area contributed by atoms with Crippen molar-refractivity contribution in [2.45, 2.75) is 78.2 Å². The highest BCUT2D eigenvalue weighted by Gasteiger charge is 2.21. The fourth-order valence-electron chi connectivity index (χ4n) is 3.10. The van der Waals surface area contributed by atoms with E-state index in [9.17, 15) is 0 Å². The van der Waals surface area contributed by atoms with Gasteiger partial charge in [0.05, 0.1) is 12.3 Å². The van der Waals surface area contributed by atoms with Crippen molar-refractivity contribution >= 4 is 0 Å². The highest BCUT2D eigenvalue weighted by atomic mass is 16.5. The Kier molecular flexibility index (Phi) is 5.87. The van der Waals surface area contributed by atoms with Crippen molar-refractivity contribution in [3.8, 4) is 5.75 Å². The maximum Gasteiger partial charge on any atom is 0.138 e. The lowest BCUT2D eigenvalue weighted by Gasteiger charge is -2.28. The van der Waals surface area contributed by atoms with Gasteiger partial charge in [0, 0.05) is 5.69 Å². The molecule has 2 heteroatoms. The summed E-state index contributed by atoms with van der Waals surface area (Å²) in [5.74, 6) is 1.88. The lowest BCUT2D eigenvalue weighted by Crippen LogP contribution is -2.24. The van der Waals surface area contributed by atoms with Crippen LogP contribution in [0.4, 0.5) is 0 Å². The molecule has 0 bridgehead atoms. The third-order valence-corrected chi connectivity index (χ3v) is 4.60. The third-order valence-electron chi connectivity index (χ3n) is 4.60. The molecule has 0 atom stereocenters. The smallest absolute Gasteiger partial charge is 0.138 e. The van der Waals surface area contributed by atoms with Crippen LogP contribution in [0.3, 0.4) is 0 Å². The summed E-state index contributed by atoms with van der Waals surface area (Å²) in [6, 6.07) is 2.17. The van der Waals surface area contributed by atoms with Crippen molar-refractivity contribution in [1.82, 2.24) is 4.98 Å². The van der Waals surface area contributed by atoms with Gasteiger partial charge in [-0.25, -0.2) is 0 Å². The molecule has 0 radical (unpaired) electrons. The van der Waals surface area contributed by atoms with Crippen molar-refractivity contribution in [2.75, 3.05) is 0 Å². The molecule has 112 valence electrons. The monoisotopic (exact) mass is 275 g/mol. The molecule has 1 fully saturated rings. The van der Waals surface area contributed by atoms with Crippen LogP contribution in [0.1, 0.15) is 70.1 Å². The quantitative estimate of drug-likeness (QED) is 0.722. The van der Waals surface area contributed by atoms with Crippen LogP contribution < -0.4 is 4.74 Å².